The number of rotatable bonds is 9. The Morgan fingerprint density at radius 1 is 1.14 bits per heavy atom. The Bertz CT molecular complexity index is 2140. The van der Waals surface area contributed by atoms with Crippen LogP contribution in [0.5, 0.6) is 11.6 Å². The number of sulfonamides is 1. The Morgan fingerprint density at radius 3 is 2.49 bits per heavy atom. The van der Waals surface area contributed by atoms with Gasteiger partial charge >= 0.3 is 12.3 Å². The molecular weight excluding hydrogens is 826 g/mol. The van der Waals surface area contributed by atoms with Crippen molar-refractivity contribution in [1.82, 2.24) is 25.2 Å². The maximum atomic E-state index is 14.7. The molecule has 3 N–H and O–H groups in total. The summed E-state index contributed by atoms with van der Waals surface area (Å²) in [5, 5.41) is 6.31. The first-order chi connectivity index (χ1) is 27.6. The predicted octanol–water partition coefficient (Wildman–Crippen LogP) is 5.52. The fourth-order valence-corrected chi connectivity index (χ4v) is 9.50. The standard InChI is InChI=1S/C39H48ClF4N5O9S/c1-21-9-6-7-10-23-17-38(23,34(52)48-59(54,55)37(20-41)13-14-37)47-31(50)27-16-24(57-32-25-11-8-12-26(40)29(25)28(56-5)18-45-32)19-49(27)33(51)30(22(2)15-21)46-35(53)58-36(3,4)39(42,43)44/h7-8,10-12,18,21-24,27,30H,6,9,13-17,19-20H2,1-5H3,(H,46,53)(H,47,50)(H,48,52). The monoisotopic (exact) mass is 873 g/mol. The molecule has 14 nitrogen and oxygen atoms in total. The molecule has 3 heterocycles. The molecule has 0 spiro atoms. The minimum atomic E-state index is -4.94. The summed E-state index contributed by atoms with van der Waals surface area (Å²) in [6, 6.07) is 2.08. The van der Waals surface area contributed by atoms with Crippen LogP contribution < -0.4 is 24.8 Å². The molecule has 324 valence electrons. The average molecular weight is 874 g/mol. The molecule has 7 atom stereocenters. The molecule has 3 fully saturated rings. The molecule has 2 aromatic rings. The Labute approximate surface area is 344 Å². The van der Waals surface area contributed by atoms with E-state index in [1.54, 1.807) is 37.3 Å². The molecule has 1 saturated heterocycles. The highest BCUT2D eigenvalue weighted by Gasteiger charge is 2.64. The third kappa shape index (κ3) is 8.77. The fourth-order valence-electron chi connectivity index (χ4n) is 7.81. The molecule has 59 heavy (non-hydrogen) atoms. The number of nitrogens with zero attached hydrogens (tertiary/aromatic N) is 2. The molecule has 2 aliphatic carbocycles. The zero-order chi connectivity index (χ0) is 43.3. The molecule has 4 amide bonds. The Kier molecular flexibility index (Phi) is 12.2. The molecule has 2 aliphatic heterocycles. The zero-order valence-electron chi connectivity index (χ0n) is 33.2. The van der Waals surface area contributed by atoms with Crippen molar-refractivity contribution in [2.45, 2.75) is 113 Å². The molecule has 6 rings (SSSR count). The molecule has 20 heteroatoms. The van der Waals surface area contributed by atoms with Gasteiger partial charge in [-0.15, -0.1) is 0 Å². The first-order valence-corrected chi connectivity index (χ1v) is 21.2. The van der Waals surface area contributed by atoms with Crippen LogP contribution in [0.15, 0.2) is 36.5 Å². The first-order valence-electron chi connectivity index (χ1n) is 19.3. The molecule has 0 bridgehead atoms. The van der Waals surface area contributed by atoms with Crippen molar-refractivity contribution < 1.29 is 59.4 Å². The molecule has 7 unspecified atom stereocenters. The lowest BCUT2D eigenvalue weighted by atomic mass is 9.88. The summed E-state index contributed by atoms with van der Waals surface area (Å²) < 4.78 is 98.2. The van der Waals surface area contributed by atoms with Crippen LogP contribution in [0.1, 0.15) is 72.6 Å². The number of alkyl halides is 4. The lowest BCUT2D eigenvalue weighted by Crippen LogP contribution is -2.60. The molecule has 0 radical (unpaired) electrons. The maximum Gasteiger partial charge on any atom is 0.427 e. The number of allylic oxidation sites excluding steroid dienone is 1. The highest BCUT2D eigenvalue weighted by molar-refractivity contribution is 7.91. The first kappa shape index (κ1) is 44.2. The summed E-state index contributed by atoms with van der Waals surface area (Å²) in [4.78, 5) is 61.8. The van der Waals surface area contributed by atoms with E-state index in [4.69, 9.17) is 25.8 Å². The van der Waals surface area contributed by atoms with Gasteiger partial charge in [0.05, 0.1) is 24.9 Å². The molecular formula is C39H48ClF4N5O9S. The number of methoxy groups -OCH3 is 1. The second kappa shape index (κ2) is 16.2. The van der Waals surface area contributed by atoms with Crippen LogP contribution in [0.3, 0.4) is 0 Å². The maximum absolute atomic E-state index is 14.7. The number of carbonyl (C=O) groups is 4. The number of benzene rings is 1. The predicted molar refractivity (Wildman–Crippen MR) is 207 cm³/mol. The summed E-state index contributed by atoms with van der Waals surface area (Å²) in [5.74, 6) is -3.77. The molecule has 4 aliphatic rings. The largest absolute Gasteiger partial charge is 0.494 e. The summed E-state index contributed by atoms with van der Waals surface area (Å²) >= 11 is 6.50. The van der Waals surface area contributed by atoms with Gasteiger partial charge in [0.15, 0.2) is 0 Å². The number of hydrogen-bond acceptors (Lipinski definition) is 10. The van der Waals surface area contributed by atoms with Crippen molar-refractivity contribution in [3.63, 3.8) is 0 Å². The summed E-state index contributed by atoms with van der Waals surface area (Å²) in [6.45, 7) is 3.40. The quantitative estimate of drug-likeness (QED) is 0.215. The minimum absolute atomic E-state index is 0.0000694. The molecule has 2 saturated carbocycles. The summed E-state index contributed by atoms with van der Waals surface area (Å²) in [5.41, 5.74) is -4.70. The lowest BCUT2D eigenvalue weighted by Gasteiger charge is -2.34. The van der Waals surface area contributed by atoms with Gasteiger partial charge in [0.2, 0.25) is 33.3 Å². The Morgan fingerprint density at radius 2 is 1.85 bits per heavy atom. The van der Waals surface area contributed by atoms with Crippen LogP contribution >= 0.6 is 11.6 Å². The van der Waals surface area contributed by atoms with E-state index >= 15 is 0 Å². The number of ether oxygens (including phenoxy) is 3. The van der Waals surface area contributed by atoms with E-state index in [1.165, 1.54) is 13.3 Å². The number of fused-ring (bicyclic) bond motifs is 3. The normalized spacial score (nSPS) is 28.6. The zero-order valence-corrected chi connectivity index (χ0v) is 34.7. The Balaban J connectivity index is 1.37. The number of hydrogen-bond donors (Lipinski definition) is 3. The van der Waals surface area contributed by atoms with E-state index in [9.17, 15) is 45.2 Å². The van der Waals surface area contributed by atoms with Crippen LogP contribution in [0.25, 0.3) is 10.8 Å². The minimum Gasteiger partial charge on any atom is -0.494 e. The summed E-state index contributed by atoms with van der Waals surface area (Å²) in [6.07, 6.45) is -1.29. The smallest absolute Gasteiger partial charge is 0.427 e. The number of aromatic nitrogens is 1. The third-order valence-electron chi connectivity index (χ3n) is 11.9. The van der Waals surface area contributed by atoms with Crippen LogP contribution in [0.2, 0.25) is 5.02 Å². The lowest BCUT2D eigenvalue weighted by molar-refractivity contribution is -0.244. The second-order valence-electron chi connectivity index (χ2n) is 16.6. The number of halogens is 5. The molecule has 1 aromatic carbocycles. The van der Waals surface area contributed by atoms with Crippen molar-refractivity contribution >= 4 is 56.2 Å². The van der Waals surface area contributed by atoms with Crippen LogP contribution in [0, 0.1) is 17.8 Å². The van der Waals surface area contributed by atoms with Crippen LogP contribution in [-0.4, -0.2) is 103 Å². The highest BCUT2D eigenvalue weighted by atomic mass is 35.5. The highest BCUT2D eigenvalue weighted by Crippen LogP contribution is 2.48. The number of alkyl carbamates (subject to hydrolysis) is 1. The van der Waals surface area contributed by atoms with Crippen molar-refractivity contribution in [1.29, 1.82) is 0 Å². The van der Waals surface area contributed by atoms with Gasteiger partial charge in [-0.2, -0.15) is 13.2 Å². The number of pyridine rings is 1. The third-order valence-corrected chi connectivity index (χ3v) is 14.3. The van der Waals surface area contributed by atoms with E-state index in [1.807, 2.05) is 11.6 Å². The number of carbonyl (C=O) groups excluding carboxylic acids is 4. The van der Waals surface area contributed by atoms with E-state index in [0.29, 0.717) is 54.7 Å². The van der Waals surface area contributed by atoms with Crippen molar-refractivity contribution in [3.8, 4) is 11.6 Å². The topological polar surface area (TPSA) is 182 Å². The van der Waals surface area contributed by atoms with Gasteiger partial charge in [-0.05, 0) is 76.3 Å². The van der Waals surface area contributed by atoms with Gasteiger partial charge in [-0.25, -0.2) is 22.6 Å². The second-order valence-corrected chi connectivity index (χ2v) is 19.1. The molecule has 1 aromatic heterocycles. The van der Waals surface area contributed by atoms with Crippen molar-refractivity contribution in [3.05, 3.63) is 41.6 Å². The SMILES string of the molecule is COc1cnc(OC2CC3C(=O)NC4(C(=O)NS(=O)(=O)C5(CF)CC5)CC4C=CCCC(C)CC(C)C(NC(=O)OC(C)(C)C(F)(F)F)C(=O)N3C2)c2cccc(Cl)c12. The van der Waals surface area contributed by atoms with Gasteiger partial charge in [-0.1, -0.05) is 43.7 Å². The summed E-state index contributed by atoms with van der Waals surface area (Å²) in [7, 11) is -3.04. The van der Waals surface area contributed by atoms with Gasteiger partial charge in [0.25, 0.3) is 5.91 Å². The average Bonchev–Trinajstić information content (AvgIpc) is 4.06. The van der Waals surface area contributed by atoms with Crippen molar-refractivity contribution in [2.75, 3.05) is 20.3 Å². The van der Waals surface area contributed by atoms with Gasteiger partial charge in [0, 0.05) is 23.1 Å². The number of amides is 4. The van der Waals surface area contributed by atoms with E-state index in [2.05, 4.69) is 15.6 Å². The van der Waals surface area contributed by atoms with E-state index in [-0.39, 0.29) is 44.0 Å². The fraction of sp³-hybridized carbons (Fsp3) is 0.615. The van der Waals surface area contributed by atoms with E-state index in [0.717, 1.165) is 4.90 Å². The van der Waals surface area contributed by atoms with Crippen LogP contribution in [0.4, 0.5) is 22.4 Å². The van der Waals surface area contributed by atoms with E-state index < -0.39 is 92.6 Å². The van der Waals surface area contributed by atoms with Crippen molar-refractivity contribution in [2.24, 2.45) is 17.8 Å². The van der Waals surface area contributed by atoms with Crippen LogP contribution in [-0.2, 0) is 29.1 Å². The number of nitrogens with one attached hydrogen (secondary N) is 3. The Hall–Kier alpha value is -4.39. The van der Waals surface area contributed by atoms with Gasteiger partial charge in [-0.3, -0.25) is 19.1 Å². The van der Waals surface area contributed by atoms with Gasteiger partial charge < -0.3 is 29.7 Å². The van der Waals surface area contributed by atoms with Gasteiger partial charge in [0.1, 0.15) is 40.9 Å².